The Morgan fingerprint density at radius 2 is 0.840 bits per heavy atom. The molecule has 0 radical (unpaired) electrons. The molecule has 2 aliphatic rings. The molecule has 50 heavy (non-hydrogen) atoms. The Bertz CT molecular complexity index is 2110. The zero-order chi connectivity index (χ0) is 34.9. The number of nitrogens with one attached hydrogen (secondary N) is 2. The summed E-state index contributed by atoms with van der Waals surface area (Å²) >= 11 is 0. The minimum absolute atomic E-state index is 0. The van der Waals surface area contributed by atoms with E-state index in [0.717, 1.165) is 44.5 Å². The maximum Gasteiger partial charge on any atom is 0.303 e. The van der Waals surface area contributed by atoms with Gasteiger partial charge in [0.25, 0.3) is 0 Å². The lowest BCUT2D eigenvalue weighted by Crippen LogP contribution is -1.98. The van der Waals surface area contributed by atoms with Gasteiger partial charge in [0, 0.05) is 47.8 Å². The molecule has 2 aliphatic heterocycles. The van der Waals surface area contributed by atoms with Gasteiger partial charge in [0.15, 0.2) is 0 Å². The number of aromatic amines is 2. The fourth-order valence-electron chi connectivity index (χ4n) is 6.42. The largest absolute Gasteiger partial charge is 0.481 e. The van der Waals surface area contributed by atoms with Crippen LogP contribution in [0.1, 0.15) is 97.4 Å². The van der Waals surface area contributed by atoms with Crippen molar-refractivity contribution in [1.82, 2.24) is 19.9 Å². The highest BCUT2D eigenvalue weighted by Crippen LogP contribution is 2.38. The second-order valence-corrected chi connectivity index (χ2v) is 12.2. The number of halogens is 2. The number of hydrogen-bond acceptors (Lipinski definition) is 6. The number of carbonyl (C=O) groups is 4. The predicted octanol–water partition coefficient (Wildman–Crippen LogP) is 7.40. The summed E-state index contributed by atoms with van der Waals surface area (Å²) < 4.78 is 0. The molecular weight excluding hydrogens is 687 g/mol. The van der Waals surface area contributed by atoms with E-state index in [2.05, 4.69) is 9.97 Å². The van der Waals surface area contributed by atoms with Gasteiger partial charge in [-0.05, 0) is 122 Å². The number of allylic oxidation sites excluding steroid dienone is 4. The van der Waals surface area contributed by atoms with Crippen molar-refractivity contribution in [3.05, 3.63) is 69.3 Å². The SMILES string of the molecule is CC1=C(CCC(=O)O)c2cc3nc(cc4[nH]c(cc5[nH]c(cc1n2)c(CCC(=O)O)c5C)c(CCC(=O)O)c4C)C(CCC(=O)O)=C3C.Cl.Cl. The molecule has 0 saturated heterocycles. The van der Waals surface area contributed by atoms with E-state index in [-0.39, 0.29) is 76.2 Å². The van der Waals surface area contributed by atoms with Gasteiger partial charge >= 0.3 is 23.9 Å². The van der Waals surface area contributed by atoms with Crippen LogP contribution in [0.15, 0.2) is 24.3 Å². The standard InChI is InChI=1S/C36H38N4O8.2ClH/c1-17-21(5-9-33(41)42)29-14-26-19(3)23(7-11-35(45)46)31(39-26)16-28-20(4)24(8-12-36(47)48)32(40-28)15-27-18(2)22(6-10-34(43)44)30(38-27)13-25(17)37-29;;/h13-16,37-38H,5-12H2,1-4H3,(H,41,42)(H,43,44)(H,45,46)(H,47,48);2*1H. The molecule has 0 aromatic carbocycles. The van der Waals surface area contributed by atoms with Gasteiger partial charge in [-0.2, -0.15) is 0 Å². The molecule has 5 heterocycles. The minimum Gasteiger partial charge on any atom is -0.481 e. The van der Waals surface area contributed by atoms with Gasteiger partial charge in [-0.3, -0.25) is 19.2 Å². The van der Waals surface area contributed by atoms with Crippen LogP contribution in [-0.4, -0.2) is 64.2 Å². The number of aliphatic carboxylic acids is 4. The van der Waals surface area contributed by atoms with Crippen LogP contribution in [-0.2, 0) is 32.0 Å². The number of aryl methyl sites for hydroxylation is 4. The fourth-order valence-corrected chi connectivity index (χ4v) is 6.42. The zero-order valence-corrected chi connectivity index (χ0v) is 29.7. The Morgan fingerprint density at radius 3 is 1.28 bits per heavy atom. The van der Waals surface area contributed by atoms with E-state index in [1.807, 2.05) is 45.9 Å². The number of hydrogen-bond donors (Lipinski definition) is 6. The second kappa shape index (κ2) is 16.2. The van der Waals surface area contributed by atoms with Gasteiger partial charge in [-0.1, -0.05) is 0 Å². The summed E-state index contributed by atoms with van der Waals surface area (Å²) in [5, 5.41) is 38.0. The lowest BCUT2D eigenvalue weighted by atomic mass is 9.98. The normalized spacial score (nSPS) is 12.4. The number of aromatic nitrogens is 4. The van der Waals surface area contributed by atoms with Crippen molar-refractivity contribution in [3.8, 4) is 0 Å². The van der Waals surface area contributed by atoms with Gasteiger partial charge < -0.3 is 30.4 Å². The number of H-pyrrole nitrogens is 2. The molecule has 0 amide bonds. The molecule has 0 aliphatic carbocycles. The predicted molar refractivity (Wildman–Crippen MR) is 196 cm³/mol. The van der Waals surface area contributed by atoms with E-state index < -0.39 is 23.9 Å². The van der Waals surface area contributed by atoms with Crippen molar-refractivity contribution >= 4 is 93.1 Å². The highest BCUT2D eigenvalue weighted by atomic mass is 35.5. The highest BCUT2D eigenvalue weighted by Gasteiger charge is 2.23. The average molecular weight is 728 g/mol. The molecular formula is C36H40Cl2N4O8. The molecule has 266 valence electrons. The first kappa shape index (κ1) is 39.5. The van der Waals surface area contributed by atoms with E-state index in [0.29, 0.717) is 44.8 Å². The molecule has 5 rings (SSSR count). The van der Waals surface area contributed by atoms with Crippen molar-refractivity contribution in [2.24, 2.45) is 0 Å². The van der Waals surface area contributed by atoms with Crippen LogP contribution in [0, 0.1) is 13.8 Å². The molecule has 3 aromatic heterocycles. The third-order valence-electron chi connectivity index (χ3n) is 9.16. The van der Waals surface area contributed by atoms with E-state index in [1.165, 1.54) is 0 Å². The summed E-state index contributed by atoms with van der Waals surface area (Å²) in [6, 6.07) is 7.40. The molecule has 3 aromatic rings. The Morgan fingerprint density at radius 1 is 0.500 bits per heavy atom. The van der Waals surface area contributed by atoms with Gasteiger partial charge in [0.2, 0.25) is 0 Å². The Labute approximate surface area is 300 Å². The fraction of sp³-hybridized carbons (Fsp3) is 0.333. The number of carboxylic acid groups (broad SMARTS) is 4. The summed E-state index contributed by atoms with van der Waals surface area (Å²) in [7, 11) is 0. The maximum absolute atomic E-state index is 11.6. The first-order chi connectivity index (χ1) is 22.7. The van der Waals surface area contributed by atoms with Crippen LogP contribution in [0.5, 0.6) is 0 Å². The van der Waals surface area contributed by atoms with E-state index in [9.17, 15) is 39.6 Å². The summed E-state index contributed by atoms with van der Waals surface area (Å²) in [6.07, 6.45) is 0.606. The van der Waals surface area contributed by atoms with Crippen molar-refractivity contribution in [3.63, 3.8) is 0 Å². The first-order valence-corrected chi connectivity index (χ1v) is 15.7. The van der Waals surface area contributed by atoms with Crippen molar-refractivity contribution in [2.45, 2.75) is 79.1 Å². The third kappa shape index (κ3) is 8.43. The molecule has 8 bridgehead atoms. The zero-order valence-electron chi connectivity index (χ0n) is 28.1. The maximum atomic E-state index is 11.6. The van der Waals surface area contributed by atoms with Crippen LogP contribution in [0.25, 0.3) is 44.4 Å². The van der Waals surface area contributed by atoms with E-state index >= 15 is 0 Å². The average Bonchev–Trinajstić information content (AvgIpc) is 3.66. The molecule has 0 fully saturated rings. The molecule has 0 saturated carbocycles. The van der Waals surface area contributed by atoms with Gasteiger partial charge in [0.1, 0.15) is 0 Å². The van der Waals surface area contributed by atoms with Crippen LogP contribution in [0.4, 0.5) is 0 Å². The monoisotopic (exact) mass is 726 g/mol. The van der Waals surface area contributed by atoms with Gasteiger partial charge in [-0.15, -0.1) is 24.8 Å². The van der Waals surface area contributed by atoms with Crippen LogP contribution >= 0.6 is 24.8 Å². The second-order valence-electron chi connectivity index (χ2n) is 12.2. The van der Waals surface area contributed by atoms with Gasteiger partial charge in [0.05, 0.1) is 22.8 Å². The highest BCUT2D eigenvalue weighted by molar-refractivity contribution is 5.96. The molecule has 14 heteroatoms. The topological polar surface area (TPSA) is 207 Å². The molecule has 12 nitrogen and oxygen atoms in total. The molecule has 0 atom stereocenters. The number of nitrogens with zero attached hydrogens (tertiary/aromatic N) is 2. The molecule has 0 spiro atoms. The Balaban J connectivity index is 0.00000338. The first-order valence-electron chi connectivity index (χ1n) is 15.7. The quantitative estimate of drug-likeness (QED) is 0.109. The lowest BCUT2D eigenvalue weighted by molar-refractivity contribution is -0.138. The lowest BCUT2D eigenvalue weighted by Gasteiger charge is -2.04. The van der Waals surface area contributed by atoms with Crippen LogP contribution in [0.2, 0.25) is 0 Å². The Hall–Kier alpha value is -4.94. The van der Waals surface area contributed by atoms with Crippen molar-refractivity contribution < 1.29 is 39.6 Å². The summed E-state index contributed by atoms with van der Waals surface area (Å²) in [5.74, 6) is -3.75. The van der Waals surface area contributed by atoms with Crippen LogP contribution < -0.4 is 0 Å². The van der Waals surface area contributed by atoms with Crippen LogP contribution in [0.3, 0.4) is 0 Å². The van der Waals surface area contributed by atoms with Crippen molar-refractivity contribution in [2.75, 3.05) is 0 Å². The number of rotatable bonds is 12. The van der Waals surface area contributed by atoms with Gasteiger partial charge in [-0.25, -0.2) is 9.97 Å². The molecule has 0 unspecified atom stereocenters. The van der Waals surface area contributed by atoms with E-state index in [4.69, 9.17) is 9.97 Å². The third-order valence-corrected chi connectivity index (χ3v) is 9.16. The number of carboxylic acids is 4. The Kier molecular flexibility index (Phi) is 12.8. The van der Waals surface area contributed by atoms with E-state index in [1.54, 1.807) is 6.07 Å². The number of fused-ring (bicyclic) bond motifs is 8. The minimum atomic E-state index is -0.944. The summed E-state index contributed by atoms with van der Waals surface area (Å²) in [5.41, 5.74) is 11.4. The summed E-state index contributed by atoms with van der Waals surface area (Å²) in [4.78, 5) is 63.1. The summed E-state index contributed by atoms with van der Waals surface area (Å²) in [6.45, 7) is 7.55. The smallest absolute Gasteiger partial charge is 0.303 e. The molecule has 6 N–H and O–H groups in total. The van der Waals surface area contributed by atoms with Crippen molar-refractivity contribution in [1.29, 1.82) is 0 Å².